The maximum atomic E-state index is 14.0. The van der Waals surface area contributed by atoms with E-state index in [1.165, 1.54) is 16.8 Å². The van der Waals surface area contributed by atoms with Crippen molar-refractivity contribution in [2.45, 2.75) is 25.3 Å². The smallest absolute Gasteiger partial charge is 0.410 e. The Bertz CT molecular complexity index is 887. The number of anilines is 1. The van der Waals surface area contributed by atoms with E-state index in [-0.39, 0.29) is 29.6 Å². The Morgan fingerprint density at radius 3 is 3.07 bits per heavy atom. The number of rotatable bonds is 4. The van der Waals surface area contributed by atoms with E-state index in [1.54, 1.807) is 23.2 Å². The summed E-state index contributed by atoms with van der Waals surface area (Å²) in [6, 6.07) is 5.98. The van der Waals surface area contributed by atoms with Crippen LogP contribution in [0.2, 0.25) is 5.02 Å². The van der Waals surface area contributed by atoms with Crippen molar-refractivity contribution in [2.75, 3.05) is 18.5 Å². The minimum Gasteiger partial charge on any atom is -0.447 e. The van der Waals surface area contributed by atoms with Crippen LogP contribution in [0.1, 0.15) is 19.3 Å². The zero-order chi connectivity index (χ0) is 19.0. The third-order valence-corrected chi connectivity index (χ3v) is 5.18. The van der Waals surface area contributed by atoms with E-state index in [9.17, 15) is 14.0 Å². The van der Waals surface area contributed by atoms with Crippen molar-refractivity contribution in [1.29, 1.82) is 0 Å². The van der Waals surface area contributed by atoms with Crippen LogP contribution < -0.4 is 5.32 Å². The molecule has 0 spiro atoms. The zero-order valence-corrected chi connectivity index (χ0v) is 15.2. The molecule has 142 valence electrons. The van der Waals surface area contributed by atoms with Gasteiger partial charge in [-0.15, -0.1) is 5.10 Å². The molecule has 0 aliphatic carbocycles. The standard InChI is InChI=1S/C18H18ClFN4O3/c19-12-1-2-15(14(20)9-12)24-6-4-16(22-24)21-17(25)8-11-3-5-23-13(7-11)10-27-18(23)26/h1-2,4,6,9,11,13H,3,5,7-8,10H2,(H,21,22,25). The Kier molecular flexibility index (Phi) is 4.73. The van der Waals surface area contributed by atoms with Crippen molar-refractivity contribution < 1.29 is 18.7 Å². The molecule has 2 amide bonds. The van der Waals surface area contributed by atoms with E-state index in [0.29, 0.717) is 30.4 Å². The Labute approximate surface area is 160 Å². The normalized spacial score (nSPS) is 21.7. The maximum Gasteiger partial charge on any atom is 0.410 e. The molecule has 7 nitrogen and oxygen atoms in total. The van der Waals surface area contributed by atoms with Gasteiger partial charge in [0.2, 0.25) is 5.91 Å². The molecule has 1 aromatic carbocycles. The third kappa shape index (κ3) is 3.75. The predicted octanol–water partition coefficient (Wildman–Crippen LogP) is 3.22. The summed E-state index contributed by atoms with van der Waals surface area (Å²) < 4.78 is 20.4. The average Bonchev–Trinajstić information content (AvgIpc) is 3.22. The molecule has 2 fully saturated rings. The van der Waals surface area contributed by atoms with Crippen LogP contribution in [0.25, 0.3) is 5.69 Å². The van der Waals surface area contributed by atoms with Crippen LogP contribution in [0.15, 0.2) is 30.5 Å². The number of carbonyl (C=O) groups is 2. The number of hydrogen-bond donors (Lipinski definition) is 1. The SMILES string of the molecule is O=C(CC1CCN2C(=O)OCC2C1)Nc1ccn(-c2ccc(Cl)cc2F)n1. The highest BCUT2D eigenvalue weighted by Gasteiger charge is 2.38. The van der Waals surface area contributed by atoms with E-state index in [2.05, 4.69) is 10.4 Å². The molecule has 4 rings (SSSR count). The summed E-state index contributed by atoms with van der Waals surface area (Å²) in [5.74, 6) is -0.105. The van der Waals surface area contributed by atoms with Crippen molar-refractivity contribution in [3.8, 4) is 5.69 Å². The topological polar surface area (TPSA) is 76.5 Å². The second kappa shape index (κ2) is 7.19. The van der Waals surface area contributed by atoms with Gasteiger partial charge in [0, 0.05) is 30.3 Å². The van der Waals surface area contributed by atoms with Crippen molar-refractivity contribution in [3.05, 3.63) is 41.3 Å². The molecule has 2 aliphatic rings. The van der Waals surface area contributed by atoms with Gasteiger partial charge >= 0.3 is 6.09 Å². The minimum absolute atomic E-state index is 0.0659. The number of hydrogen-bond acceptors (Lipinski definition) is 4. The first-order valence-electron chi connectivity index (χ1n) is 8.74. The molecule has 9 heteroatoms. The van der Waals surface area contributed by atoms with Gasteiger partial charge in [0.05, 0.1) is 6.04 Å². The molecule has 27 heavy (non-hydrogen) atoms. The number of ether oxygens (including phenoxy) is 1. The number of halogens is 2. The molecular formula is C18H18ClFN4O3. The highest BCUT2D eigenvalue weighted by molar-refractivity contribution is 6.30. The summed E-state index contributed by atoms with van der Waals surface area (Å²) in [6.07, 6.45) is 3.18. The van der Waals surface area contributed by atoms with E-state index in [0.717, 1.165) is 12.8 Å². The predicted molar refractivity (Wildman–Crippen MR) is 96.3 cm³/mol. The van der Waals surface area contributed by atoms with Gasteiger partial charge in [0.25, 0.3) is 0 Å². The lowest BCUT2D eigenvalue weighted by Crippen LogP contribution is -2.41. The first kappa shape index (κ1) is 17.8. The molecule has 2 atom stereocenters. The van der Waals surface area contributed by atoms with Crippen LogP contribution in [-0.4, -0.2) is 45.9 Å². The molecule has 2 aromatic rings. The van der Waals surface area contributed by atoms with Crippen molar-refractivity contribution in [3.63, 3.8) is 0 Å². The number of amides is 2. The van der Waals surface area contributed by atoms with Crippen LogP contribution in [-0.2, 0) is 9.53 Å². The summed E-state index contributed by atoms with van der Waals surface area (Å²) in [4.78, 5) is 25.6. The summed E-state index contributed by atoms with van der Waals surface area (Å²) in [6.45, 7) is 1.01. The average molecular weight is 393 g/mol. The Morgan fingerprint density at radius 2 is 2.26 bits per heavy atom. The van der Waals surface area contributed by atoms with E-state index < -0.39 is 5.82 Å². The van der Waals surface area contributed by atoms with Crippen LogP contribution in [0.4, 0.5) is 15.0 Å². The van der Waals surface area contributed by atoms with Crippen LogP contribution in [0.5, 0.6) is 0 Å². The number of piperidine rings is 1. The minimum atomic E-state index is -0.497. The Balaban J connectivity index is 1.35. The van der Waals surface area contributed by atoms with E-state index in [1.807, 2.05) is 0 Å². The number of fused-ring (bicyclic) bond motifs is 1. The fourth-order valence-electron chi connectivity index (χ4n) is 3.62. The lowest BCUT2D eigenvalue weighted by Gasteiger charge is -2.31. The van der Waals surface area contributed by atoms with Crippen LogP contribution >= 0.6 is 11.6 Å². The number of nitrogens with one attached hydrogen (secondary N) is 1. The fourth-order valence-corrected chi connectivity index (χ4v) is 3.77. The van der Waals surface area contributed by atoms with Gasteiger partial charge in [-0.3, -0.25) is 4.79 Å². The van der Waals surface area contributed by atoms with E-state index in [4.69, 9.17) is 16.3 Å². The van der Waals surface area contributed by atoms with Gasteiger partial charge in [-0.2, -0.15) is 0 Å². The summed E-state index contributed by atoms with van der Waals surface area (Å²) in [5.41, 5.74) is 0.248. The maximum absolute atomic E-state index is 14.0. The number of benzene rings is 1. The largest absolute Gasteiger partial charge is 0.447 e. The lowest BCUT2D eigenvalue weighted by atomic mass is 9.89. The number of nitrogens with zero attached hydrogens (tertiary/aromatic N) is 3. The molecule has 3 heterocycles. The van der Waals surface area contributed by atoms with Gasteiger partial charge in [-0.05, 0) is 37.0 Å². The highest BCUT2D eigenvalue weighted by Crippen LogP contribution is 2.29. The van der Waals surface area contributed by atoms with Gasteiger partial charge in [-0.25, -0.2) is 13.9 Å². The van der Waals surface area contributed by atoms with Crippen molar-refractivity contribution >= 4 is 29.4 Å². The first-order chi connectivity index (χ1) is 13.0. The Morgan fingerprint density at radius 1 is 1.41 bits per heavy atom. The molecule has 0 bridgehead atoms. The van der Waals surface area contributed by atoms with E-state index >= 15 is 0 Å². The number of aromatic nitrogens is 2. The van der Waals surface area contributed by atoms with Gasteiger partial charge in [0.1, 0.15) is 18.1 Å². The molecule has 0 radical (unpaired) electrons. The molecule has 0 saturated carbocycles. The Hall–Kier alpha value is -2.61. The molecule has 2 aliphatic heterocycles. The van der Waals surface area contributed by atoms with Crippen molar-refractivity contribution in [1.82, 2.24) is 14.7 Å². The monoisotopic (exact) mass is 392 g/mol. The van der Waals surface area contributed by atoms with Gasteiger partial charge in [0.15, 0.2) is 5.82 Å². The molecular weight excluding hydrogens is 375 g/mol. The zero-order valence-electron chi connectivity index (χ0n) is 14.4. The van der Waals surface area contributed by atoms with Crippen LogP contribution in [0, 0.1) is 11.7 Å². The fraction of sp³-hybridized carbons (Fsp3) is 0.389. The lowest BCUT2D eigenvalue weighted by molar-refractivity contribution is -0.117. The summed E-state index contributed by atoms with van der Waals surface area (Å²) in [5, 5.41) is 7.25. The van der Waals surface area contributed by atoms with Crippen LogP contribution in [0.3, 0.4) is 0 Å². The molecule has 2 saturated heterocycles. The number of carbonyl (C=O) groups excluding carboxylic acids is 2. The second-order valence-corrected chi connectivity index (χ2v) is 7.24. The quantitative estimate of drug-likeness (QED) is 0.866. The summed E-state index contributed by atoms with van der Waals surface area (Å²) >= 11 is 5.76. The highest BCUT2D eigenvalue weighted by atomic mass is 35.5. The summed E-state index contributed by atoms with van der Waals surface area (Å²) in [7, 11) is 0. The van der Waals surface area contributed by atoms with Crippen molar-refractivity contribution in [2.24, 2.45) is 5.92 Å². The van der Waals surface area contributed by atoms with Gasteiger partial charge in [-0.1, -0.05) is 11.6 Å². The molecule has 2 unspecified atom stereocenters. The second-order valence-electron chi connectivity index (χ2n) is 6.81. The number of cyclic esters (lactones) is 1. The third-order valence-electron chi connectivity index (χ3n) is 4.95. The molecule has 1 aromatic heterocycles. The molecule has 1 N–H and O–H groups in total. The van der Waals surface area contributed by atoms with Gasteiger partial charge < -0.3 is 15.0 Å². The first-order valence-corrected chi connectivity index (χ1v) is 9.12.